The Balaban J connectivity index is 0.849. The molecule has 0 aliphatic carbocycles. The molecule has 76 heavy (non-hydrogen) atoms. The van der Waals surface area contributed by atoms with Crippen molar-refractivity contribution in [1.29, 1.82) is 0 Å². The van der Waals surface area contributed by atoms with Crippen LogP contribution < -0.4 is 0 Å². The molecule has 12 aromatic carbocycles. The van der Waals surface area contributed by atoms with Gasteiger partial charge in [0.25, 0.3) is 0 Å². The maximum Gasteiger partial charge on any atom is 0.0645 e. The SMILES string of the molecule is [2H]c1c([2H])c([2H])c(-n2c3ccccc3c3cc(-c4ccc(-n5c6ccc(-c7ccc8c(c7)c7ccccc7n8-c7ccccc7)cc6c6cc(-c7ccc8c(c7)c7ccccc7n8-c7ccccc7)ccc65)cc4)ccc32)c([2H])c1[2H]. The largest absolute Gasteiger partial charge is 0.309 e. The summed E-state index contributed by atoms with van der Waals surface area (Å²) >= 11 is 0. The van der Waals surface area contributed by atoms with E-state index in [-0.39, 0.29) is 29.9 Å². The first-order chi connectivity index (χ1) is 39.8. The Morgan fingerprint density at radius 2 is 0.461 bits per heavy atom. The summed E-state index contributed by atoms with van der Waals surface area (Å²) in [6, 6.07) is 87.4. The zero-order chi connectivity index (χ0) is 54.2. The first-order valence-electron chi connectivity index (χ1n) is 28.2. The third kappa shape index (κ3) is 6.44. The number of fused-ring (bicyclic) bond motifs is 12. The molecule has 0 amide bonds. The van der Waals surface area contributed by atoms with Crippen molar-refractivity contribution in [3.05, 3.63) is 279 Å². The van der Waals surface area contributed by atoms with Gasteiger partial charge in [0.05, 0.1) is 51.0 Å². The summed E-state index contributed by atoms with van der Waals surface area (Å²) < 4.78 is 51.8. The van der Waals surface area contributed by atoms with Gasteiger partial charge in [-0.1, -0.05) is 152 Å². The highest BCUT2D eigenvalue weighted by Gasteiger charge is 2.20. The normalized spacial score (nSPS) is 12.9. The zero-order valence-electron chi connectivity index (χ0n) is 46.0. The molecule has 354 valence electrons. The lowest BCUT2D eigenvalue weighted by Gasteiger charge is -2.11. The van der Waals surface area contributed by atoms with E-state index in [9.17, 15) is 0 Å². The fraction of sp³-hybridized carbons (Fsp3) is 0. The number of rotatable bonds is 7. The van der Waals surface area contributed by atoms with Crippen molar-refractivity contribution in [2.24, 2.45) is 0 Å². The van der Waals surface area contributed by atoms with Gasteiger partial charge >= 0.3 is 0 Å². The quantitative estimate of drug-likeness (QED) is 0.152. The second-order valence-corrected chi connectivity index (χ2v) is 19.7. The van der Waals surface area contributed by atoms with Crippen LogP contribution >= 0.6 is 0 Å². The molecule has 0 atom stereocenters. The van der Waals surface area contributed by atoms with Crippen molar-refractivity contribution in [1.82, 2.24) is 18.3 Å². The molecule has 0 fully saturated rings. The van der Waals surface area contributed by atoms with Gasteiger partial charge in [-0.15, -0.1) is 0 Å². The molecular formula is C72H46N4. The third-order valence-corrected chi connectivity index (χ3v) is 15.6. The Kier molecular flexibility index (Phi) is 8.25. The van der Waals surface area contributed by atoms with E-state index in [0.717, 1.165) is 94.1 Å². The Labute approximate surface area is 445 Å². The fourth-order valence-electron chi connectivity index (χ4n) is 12.2. The van der Waals surface area contributed by atoms with Crippen LogP contribution in [0.2, 0.25) is 0 Å². The van der Waals surface area contributed by atoms with Crippen LogP contribution in [0.1, 0.15) is 6.85 Å². The van der Waals surface area contributed by atoms with Crippen LogP contribution in [0.4, 0.5) is 0 Å². The highest BCUT2D eigenvalue weighted by molar-refractivity contribution is 6.15. The first kappa shape index (κ1) is 37.6. The molecule has 4 nitrogen and oxygen atoms in total. The molecule has 0 spiro atoms. The highest BCUT2D eigenvalue weighted by atomic mass is 15.0. The van der Waals surface area contributed by atoms with Gasteiger partial charge in [0.15, 0.2) is 0 Å². The average Bonchev–Trinajstić information content (AvgIpc) is 4.43. The van der Waals surface area contributed by atoms with E-state index < -0.39 is 6.04 Å². The van der Waals surface area contributed by atoms with Crippen LogP contribution in [-0.4, -0.2) is 18.3 Å². The van der Waals surface area contributed by atoms with Gasteiger partial charge in [-0.05, 0) is 161 Å². The summed E-state index contributed by atoms with van der Waals surface area (Å²) in [5, 5.41) is 9.01. The number of hydrogen-bond donors (Lipinski definition) is 0. The zero-order valence-corrected chi connectivity index (χ0v) is 41.0. The second-order valence-electron chi connectivity index (χ2n) is 19.7. The molecule has 0 bridgehead atoms. The minimum atomic E-state index is -0.411. The van der Waals surface area contributed by atoms with E-state index in [1.54, 1.807) is 0 Å². The van der Waals surface area contributed by atoms with Gasteiger partial charge in [0.2, 0.25) is 0 Å². The van der Waals surface area contributed by atoms with Crippen LogP contribution in [0.5, 0.6) is 0 Å². The van der Waals surface area contributed by atoms with Crippen LogP contribution in [0.15, 0.2) is 279 Å². The molecule has 0 saturated carbocycles. The smallest absolute Gasteiger partial charge is 0.0645 e. The summed E-state index contributed by atoms with van der Waals surface area (Å²) in [6.45, 7) is 0. The van der Waals surface area contributed by atoms with Gasteiger partial charge in [0, 0.05) is 65.8 Å². The van der Waals surface area contributed by atoms with Gasteiger partial charge in [-0.3, -0.25) is 0 Å². The standard InChI is InChI=1S/C72H46N4/c1-4-16-53(17-5-1)73-65-25-13-10-22-57(65)60-42-48(30-37-68(60)73)47-28-35-56(36-29-47)76-71-40-33-51(49-31-38-69-61(43-49)58-23-11-14-26-66(58)74(69)54-18-6-2-7-19-54)45-63(71)64-46-52(34-41-72(64)76)50-32-39-70-62(44-50)59-24-12-15-27-67(59)75(70)55-20-8-3-9-21-55/h1-46H/i1D,4D,5D,16D,17D. The number of nitrogens with zero attached hydrogens (tertiary/aromatic N) is 4. The molecule has 0 N–H and O–H groups in total. The molecule has 16 rings (SSSR count). The lowest BCUT2D eigenvalue weighted by atomic mass is 9.98. The summed E-state index contributed by atoms with van der Waals surface area (Å²) in [6.07, 6.45) is 0. The predicted molar refractivity (Wildman–Crippen MR) is 320 cm³/mol. The second kappa shape index (κ2) is 16.7. The van der Waals surface area contributed by atoms with Crippen LogP contribution in [0, 0.1) is 0 Å². The molecule has 0 saturated heterocycles. The van der Waals surface area contributed by atoms with Crippen molar-refractivity contribution in [3.63, 3.8) is 0 Å². The van der Waals surface area contributed by atoms with Crippen LogP contribution in [0.3, 0.4) is 0 Å². The van der Waals surface area contributed by atoms with E-state index in [4.69, 9.17) is 6.85 Å². The number of benzene rings is 12. The van der Waals surface area contributed by atoms with Crippen molar-refractivity contribution in [3.8, 4) is 56.1 Å². The van der Waals surface area contributed by atoms with Crippen molar-refractivity contribution in [2.45, 2.75) is 0 Å². The lowest BCUT2D eigenvalue weighted by molar-refractivity contribution is 1.18. The Hall–Kier alpha value is -10.2. The molecule has 4 heteroatoms. The maximum absolute atomic E-state index is 8.87. The van der Waals surface area contributed by atoms with Crippen LogP contribution in [-0.2, 0) is 0 Å². The summed E-state index contributed by atoms with van der Waals surface area (Å²) in [7, 11) is 0. The van der Waals surface area contributed by atoms with Gasteiger partial charge in [0.1, 0.15) is 0 Å². The van der Waals surface area contributed by atoms with Crippen LogP contribution in [0.25, 0.3) is 143 Å². The van der Waals surface area contributed by atoms with E-state index >= 15 is 0 Å². The summed E-state index contributed by atoms with van der Waals surface area (Å²) in [5.41, 5.74) is 18.5. The first-order valence-corrected chi connectivity index (χ1v) is 25.7. The summed E-state index contributed by atoms with van der Waals surface area (Å²) in [4.78, 5) is 0. The molecule has 16 aromatic rings. The van der Waals surface area contributed by atoms with Gasteiger partial charge in [-0.2, -0.15) is 0 Å². The lowest BCUT2D eigenvalue weighted by Crippen LogP contribution is -1.94. The molecular weight excluding hydrogens is 921 g/mol. The maximum atomic E-state index is 8.87. The monoisotopic (exact) mass is 971 g/mol. The third-order valence-electron chi connectivity index (χ3n) is 15.6. The van der Waals surface area contributed by atoms with Gasteiger partial charge < -0.3 is 18.3 Å². The number of aromatic nitrogens is 4. The van der Waals surface area contributed by atoms with Crippen molar-refractivity contribution >= 4 is 87.2 Å². The molecule has 4 heterocycles. The van der Waals surface area contributed by atoms with Gasteiger partial charge in [-0.25, -0.2) is 0 Å². The topological polar surface area (TPSA) is 19.7 Å². The average molecular weight is 972 g/mol. The van der Waals surface area contributed by atoms with E-state index in [1.807, 2.05) is 34.9 Å². The van der Waals surface area contributed by atoms with E-state index in [1.165, 1.54) is 43.6 Å². The summed E-state index contributed by atoms with van der Waals surface area (Å²) in [5.74, 6) is 0. The van der Waals surface area contributed by atoms with Crippen molar-refractivity contribution in [2.75, 3.05) is 0 Å². The Morgan fingerprint density at radius 1 is 0.197 bits per heavy atom. The minimum absolute atomic E-state index is 0.135. The molecule has 0 aliphatic rings. The van der Waals surface area contributed by atoms with E-state index in [0.29, 0.717) is 0 Å². The van der Waals surface area contributed by atoms with E-state index in [2.05, 4.69) is 232 Å². The molecule has 0 radical (unpaired) electrons. The minimum Gasteiger partial charge on any atom is -0.309 e. The highest BCUT2D eigenvalue weighted by Crippen LogP contribution is 2.42. The molecule has 0 aliphatic heterocycles. The number of para-hydroxylation sites is 6. The Morgan fingerprint density at radius 3 is 0.829 bits per heavy atom. The fourth-order valence-corrected chi connectivity index (χ4v) is 12.2. The molecule has 4 aromatic heterocycles. The van der Waals surface area contributed by atoms with Crippen molar-refractivity contribution < 1.29 is 6.85 Å². The molecule has 0 unspecified atom stereocenters. The predicted octanol–water partition coefficient (Wildman–Crippen LogP) is 19.1. The Bertz CT molecular complexity index is 5040. The number of hydrogen-bond acceptors (Lipinski definition) is 0.